The number of nitrogens with zero attached hydrogens (tertiary/aromatic N) is 1. The number of aryl methyl sites for hydroxylation is 2. The maximum Gasteiger partial charge on any atom is 0.289 e. The van der Waals surface area contributed by atoms with E-state index in [9.17, 15) is 9.59 Å². The predicted octanol–water partition coefficient (Wildman–Crippen LogP) is 2.51. The van der Waals surface area contributed by atoms with E-state index in [0.717, 1.165) is 35.8 Å². The van der Waals surface area contributed by atoms with Gasteiger partial charge in [-0.05, 0) is 62.4 Å². The van der Waals surface area contributed by atoms with Crippen molar-refractivity contribution in [1.82, 2.24) is 10.2 Å². The Bertz CT molecular complexity index is 773. The average molecular weight is 357 g/mol. The molecule has 0 aliphatic carbocycles. The van der Waals surface area contributed by atoms with E-state index in [1.165, 1.54) is 5.56 Å². The van der Waals surface area contributed by atoms with Crippen molar-refractivity contribution in [2.24, 2.45) is 5.73 Å². The molecule has 140 valence electrons. The van der Waals surface area contributed by atoms with Crippen LogP contribution in [0.25, 0.3) is 11.0 Å². The Hall–Kier alpha value is -2.34. The molecule has 2 amide bonds. The molecule has 0 bridgehead atoms. The molecule has 3 N–H and O–H groups in total. The number of furan rings is 1. The van der Waals surface area contributed by atoms with Crippen LogP contribution in [0.4, 0.5) is 0 Å². The summed E-state index contributed by atoms with van der Waals surface area (Å²) in [5, 5.41) is 3.83. The van der Waals surface area contributed by atoms with Crippen LogP contribution in [0, 0.1) is 13.8 Å². The second kappa shape index (κ2) is 7.91. The lowest BCUT2D eigenvalue weighted by Crippen LogP contribution is -2.49. The van der Waals surface area contributed by atoms with Crippen LogP contribution in [0.15, 0.2) is 22.6 Å². The number of carbonyl (C=O) groups excluding carboxylic acids is 2. The third kappa shape index (κ3) is 3.90. The van der Waals surface area contributed by atoms with Gasteiger partial charge in [0.15, 0.2) is 5.76 Å². The zero-order valence-electron chi connectivity index (χ0n) is 15.5. The monoisotopic (exact) mass is 357 g/mol. The standard InChI is InChI=1S/C20H27N3O3/c1-13-9-15-11-18(26-17(15)10-14(13)2)20(25)23-8-4-3-5-16(23)12-22-19(24)6-7-21/h9-11,16H,3-8,12,21H2,1-2H3,(H,22,24). The van der Waals surface area contributed by atoms with Gasteiger partial charge in [0.2, 0.25) is 5.91 Å². The molecule has 1 unspecified atom stereocenters. The van der Waals surface area contributed by atoms with Crippen LogP contribution in [0.1, 0.15) is 47.4 Å². The van der Waals surface area contributed by atoms with Crippen LogP contribution < -0.4 is 11.1 Å². The maximum atomic E-state index is 13.0. The fraction of sp³-hybridized carbons (Fsp3) is 0.500. The first kappa shape index (κ1) is 18.5. The van der Waals surface area contributed by atoms with Crippen LogP contribution >= 0.6 is 0 Å². The molecule has 6 heteroatoms. The largest absolute Gasteiger partial charge is 0.451 e. The van der Waals surface area contributed by atoms with Crippen LogP contribution in [-0.2, 0) is 4.79 Å². The van der Waals surface area contributed by atoms with Crippen LogP contribution in [-0.4, -0.2) is 42.4 Å². The van der Waals surface area contributed by atoms with Gasteiger partial charge >= 0.3 is 0 Å². The Morgan fingerprint density at radius 3 is 2.77 bits per heavy atom. The van der Waals surface area contributed by atoms with Gasteiger partial charge in [0.25, 0.3) is 5.91 Å². The summed E-state index contributed by atoms with van der Waals surface area (Å²) in [7, 11) is 0. The van der Waals surface area contributed by atoms with E-state index in [0.29, 0.717) is 31.8 Å². The van der Waals surface area contributed by atoms with Crippen molar-refractivity contribution >= 4 is 22.8 Å². The van der Waals surface area contributed by atoms with Crippen LogP contribution in [0.3, 0.4) is 0 Å². The number of amides is 2. The van der Waals surface area contributed by atoms with Gasteiger partial charge in [-0.1, -0.05) is 0 Å². The Balaban J connectivity index is 1.76. The normalized spacial score (nSPS) is 17.5. The van der Waals surface area contributed by atoms with Gasteiger partial charge in [-0.2, -0.15) is 0 Å². The first-order valence-corrected chi connectivity index (χ1v) is 9.28. The van der Waals surface area contributed by atoms with Crippen molar-refractivity contribution in [1.29, 1.82) is 0 Å². The minimum atomic E-state index is -0.103. The molecule has 1 aliphatic heterocycles. The number of rotatable bonds is 5. The van der Waals surface area contributed by atoms with Crippen molar-refractivity contribution in [3.63, 3.8) is 0 Å². The summed E-state index contributed by atoms with van der Waals surface area (Å²) in [5.74, 6) is 0.194. The van der Waals surface area contributed by atoms with Gasteiger partial charge in [-0.3, -0.25) is 9.59 Å². The highest BCUT2D eigenvalue weighted by molar-refractivity contribution is 5.96. The smallest absolute Gasteiger partial charge is 0.289 e. The summed E-state index contributed by atoms with van der Waals surface area (Å²) in [6.45, 7) is 5.56. The van der Waals surface area contributed by atoms with E-state index in [-0.39, 0.29) is 17.9 Å². The Morgan fingerprint density at radius 1 is 1.23 bits per heavy atom. The molecular formula is C20H27N3O3. The first-order chi connectivity index (χ1) is 12.5. The molecule has 1 aromatic carbocycles. The van der Waals surface area contributed by atoms with E-state index < -0.39 is 0 Å². The number of likely N-dealkylation sites (tertiary alicyclic amines) is 1. The number of carbonyl (C=O) groups is 2. The molecule has 1 fully saturated rings. The molecule has 1 atom stereocenters. The summed E-state index contributed by atoms with van der Waals surface area (Å²) in [4.78, 5) is 26.6. The molecule has 1 saturated heterocycles. The predicted molar refractivity (Wildman–Crippen MR) is 101 cm³/mol. The van der Waals surface area contributed by atoms with E-state index >= 15 is 0 Å². The topological polar surface area (TPSA) is 88.6 Å². The van der Waals surface area contributed by atoms with E-state index in [4.69, 9.17) is 10.2 Å². The number of nitrogens with two attached hydrogens (primary N) is 1. The Labute approximate surface area is 153 Å². The molecule has 1 aliphatic rings. The quantitative estimate of drug-likeness (QED) is 0.860. The Kier molecular flexibility index (Phi) is 5.61. The van der Waals surface area contributed by atoms with Gasteiger partial charge in [-0.25, -0.2) is 0 Å². The highest BCUT2D eigenvalue weighted by atomic mass is 16.3. The van der Waals surface area contributed by atoms with Gasteiger partial charge in [0.1, 0.15) is 5.58 Å². The molecule has 2 aromatic rings. The number of nitrogens with one attached hydrogen (secondary N) is 1. The van der Waals surface area contributed by atoms with Crippen LogP contribution in [0.5, 0.6) is 0 Å². The number of piperidine rings is 1. The van der Waals surface area contributed by atoms with Gasteiger partial charge < -0.3 is 20.4 Å². The van der Waals surface area contributed by atoms with Crippen molar-refractivity contribution in [3.8, 4) is 0 Å². The maximum absolute atomic E-state index is 13.0. The zero-order valence-corrected chi connectivity index (χ0v) is 15.5. The lowest BCUT2D eigenvalue weighted by atomic mass is 10.0. The third-order valence-corrected chi connectivity index (χ3v) is 5.14. The molecule has 3 rings (SSSR count). The molecule has 26 heavy (non-hydrogen) atoms. The van der Waals surface area contributed by atoms with Crippen LogP contribution in [0.2, 0.25) is 0 Å². The second-order valence-corrected chi connectivity index (χ2v) is 7.08. The molecule has 0 saturated carbocycles. The number of fused-ring (bicyclic) bond motifs is 1. The summed E-state index contributed by atoms with van der Waals surface area (Å²) in [6.07, 6.45) is 3.22. The van der Waals surface area contributed by atoms with E-state index in [2.05, 4.69) is 5.32 Å². The van der Waals surface area contributed by atoms with Gasteiger partial charge in [0.05, 0.1) is 0 Å². The molecule has 0 radical (unpaired) electrons. The van der Waals surface area contributed by atoms with Crippen molar-refractivity contribution in [2.75, 3.05) is 19.6 Å². The minimum absolute atomic E-state index is 0.00495. The zero-order chi connectivity index (χ0) is 18.7. The van der Waals surface area contributed by atoms with Gasteiger partial charge in [-0.15, -0.1) is 0 Å². The van der Waals surface area contributed by atoms with E-state index in [1.54, 1.807) is 0 Å². The lowest BCUT2D eigenvalue weighted by molar-refractivity contribution is -0.121. The third-order valence-electron chi connectivity index (χ3n) is 5.14. The lowest BCUT2D eigenvalue weighted by Gasteiger charge is -2.35. The molecule has 0 spiro atoms. The van der Waals surface area contributed by atoms with Crippen molar-refractivity contribution in [2.45, 2.75) is 45.6 Å². The molecule has 2 heterocycles. The summed E-state index contributed by atoms with van der Waals surface area (Å²) in [6, 6.07) is 5.84. The highest BCUT2D eigenvalue weighted by Gasteiger charge is 2.29. The number of hydrogen-bond acceptors (Lipinski definition) is 4. The average Bonchev–Trinajstić information content (AvgIpc) is 3.03. The summed E-state index contributed by atoms with van der Waals surface area (Å²) in [5.41, 5.74) is 8.47. The van der Waals surface area contributed by atoms with Crippen molar-refractivity contribution < 1.29 is 14.0 Å². The summed E-state index contributed by atoms with van der Waals surface area (Å²) < 4.78 is 5.84. The Morgan fingerprint density at radius 2 is 2.00 bits per heavy atom. The number of hydrogen-bond donors (Lipinski definition) is 2. The molecule has 6 nitrogen and oxygen atoms in total. The SMILES string of the molecule is Cc1cc2cc(C(=O)N3CCCCC3CNC(=O)CCN)oc2cc1C. The van der Waals surface area contributed by atoms with Gasteiger partial charge in [0, 0.05) is 37.5 Å². The highest BCUT2D eigenvalue weighted by Crippen LogP contribution is 2.26. The minimum Gasteiger partial charge on any atom is -0.451 e. The summed E-state index contributed by atoms with van der Waals surface area (Å²) >= 11 is 0. The second-order valence-electron chi connectivity index (χ2n) is 7.08. The van der Waals surface area contributed by atoms with Crippen molar-refractivity contribution in [3.05, 3.63) is 35.1 Å². The fourth-order valence-corrected chi connectivity index (χ4v) is 3.48. The molecular weight excluding hydrogens is 330 g/mol. The number of benzene rings is 1. The van der Waals surface area contributed by atoms with E-state index in [1.807, 2.05) is 36.9 Å². The molecule has 1 aromatic heterocycles. The first-order valence-electron chi connectivity index (χ1n) is 9.28. The fourth-order valence-electron chi connectivity index (χ4n) is 3.48.